The van der Waals surface area contributed by atoms with E-state index >= 15 is 0 Å². The quantitative estimate of drug-likeness (QED) is 0.455. The molecular formula is C14H22ClN3O2. The Hall–Kier alpha value is -1.17. The van der Waals surface area contributed by atoms with Crippen molar-refractivity contribution in [3.63, 3.8) is 0 Å². The molecule has 1 aromatic rings. The molecule has 0 spiro atoms. The minimum atomic E-state index is -0.393. The van der Waals surface area contributed by atoms with Crippen molar-refractivity contribution in [3.8, 4) is 0 Å². The number of hydrogen-bond acceptors (Lipinski definition) is 4. The van der Waals surface area contributed by atoms with Gasteiger partial charge >= 0.3 is 0 Å². The fraction of sp³-hybridized carbons (Fsp3) is 0.571. The van der Waals surface area contributed by atoms with E-state index in [1.54, 1.807) is 12.1 Å². The Morgan fingerprint density at radius 1 is 1.45 bits per heavy atom. The second-order valence-corrected chi connectivity index (χ2v) is 5.57. The van der Waals surface area contributed by atoms with Gasteiger partial charge in [0.1, 0.15) is 0 Å². The first kappa shape index (κ1) is 16.9. The summed E-state index contributed by atoms with van der Waals surface area (Å²) in [4.78, 5) is 12.8. The minimum Gasteiger partial charge on any atom is -0.312 e. The number of nitro benzene ring substituents is 1. The highest BCUT2D eigenvalue weighted by molar-refractivity contribution is 6.30. The number of nitro groups is 1. The Bertz CT molecular complexity index is 452. The van der Waals surface area contributed by atoms with E-state index in [2.05, 4.69) is 31.1 Å². The van der Waals surface area contributed by atoms with Gasteiger partial charge in [-0.05, 0) is 52.5 Å². The van der Waals surface area contributed by atoms with Crippen LogP contribution in [0.25, 0.3) is 0 Å². The second kappa shape index (κ2) is 8.19. The van der Waals surface area contributed by atoms with E-state index in [1.165, 1.54) is 6.07 Å². The zero-order valence-electron chi connectivity index (χ0n) is 12.2. The van der Waals surface area contributed by atoms with Crippen LogP contribution in [0, 0.1) is 10.1 Å². The summed E-state index contributed by atoms with van der Waals surface area (Å²) in [5, 5.41) is 14.6. The lowest BCUT2D eigenvalue weighted by Gasteiger charge is -2.20. The van der Waals surface area contributed by atoms with Gasteiger partial charge in [-0.3, -0.25) is 10.1 Å². The summed E-state index contributed by atoms with van der Waals surface area (Å²) in [7, 11) is 2.09. The summed E-state index contributed by atoms with van der Waals surface area (Å²) >= 11 is 5.78. The molecule has 0 aliphatic rings. The number of nitrogens with one attached hydrogen (secondary N) is 1. The summed E-state index contributed by atoms with van der Waals surface area (Å²) in [6, 6.07) is 5.31. The highest BCUT2D eigenvalue weighted by Gasteiger charge is 2.13. The van der Waals surface area contributed by atoms with Gasteiger partial charge in [0.25, 0.3) is 5.69 Å². The predicted molar refractivity (Wildman–Crippen MR) is 82.2 cm³/mol. The highest BCUT2D eigenvalue weighted by Crippen LogP contribution is 2.22. The van der Waals surface area contributed by atoms with Crippen LogP contribution in [0.2, 0.25) is 5.02 Å². The van der Waals surface area contributed by atoms with E-state index in [9.17, 15) is 10.1 Å². The maximum absolute atomic E-state index is 10.9. The molecule has 0 aromatic heterocycles. The zero-order chi connectivity index (χ0) is 15.1. The normalized spacial score (nSPS) is 11.3. The van der Waals surface area contributed by atoms with Gasteiger partial charge in [0.15, 0.2) is 0 Å². The number of nitrogens with zero attached hydrogens (tertiary/aromatic N) is 2. The summed E-state index contributed by atoms with van der Waals surface area (Å²) in [5.41, 5.74) is 0.737. The second-order valence-electron chi connectivity index (χ2n) is 5.13. The molecular weight excluding hydrogens is 278 g/mol. The van der Waals surface area contributed by atoms with Crippen LogP contribution in [0.1, 0.15) is 25.8 Å². The maximum Gasteiger partial charge on any atom is 0.275 e. The van der Waals surface area contributed by atoms with Gasteiger partial charge in [0.05, 0.1) is 4.92 Å². The van der Waals surface area contributed by atoms with Crippen molar-refractivity contribution in [2.24, 2.45) is 0 Å². The third-order valence-electron chi connectivity index (χ3n) is 3.31. The van der Waals surface area contributed by atoms with E-state index in [0.29, 0.717) is 23.2 Å². The van der Waals surface area contributed by atoms with Crippen molar-refractivity contribution < 1.29 is 4.92 Å². The van der Waals surface area contributed by atoms with Crippen molar-refractivity contribution in [1.82, 2.24) is 10.2 Å². The average Bonchev–Trinajstić information content (AvgIpc) is 2.39. The van der Waals surface area contributed by atoms with Gasteiger partial charge in [-0.25, -0.2) is 0 Å². The Kier molecular flexibility index (Phi) is 6.91. The van der Waals surface area contributed by atoms with E-state index in [0.717, 1.165) is 19.5 Å². The summed E-state index contributed by atoms with van der Waals surface area (Å²) in [6.07, 6.45) is 1.01. The van der Waals surface area contributed by atoms with Crippen molar-refractivity contribution in [2.45, 2.75) is 32.9 Å². The summed E-state index contributed by atoms with van der Waals surface area (Å²) < 4.78 is 0. The van der Waals surface area contributed by atoms with Crippen molar-refractivity contribution in [1.29, 1.82) is 0 Å². The molecule has 0 aliphatic carbocycles. The number of hydrogen-bond donors (Lipinski definition) is 1. The molecule has 0 unspecified atom stereocenters. The average molecular weight is 300 g/mol. The third-order valence-corrected chi connectivity index (χ3v) is 3.54. The van der Waals surface area contributed by atoms with E-state index in [-0.39, 0.29) is 5.69 Å². The van der Waals surface area contributed by atoms with Crippen LogP contribution >= 0.6 is 11.6 Å². The van der Waals surface area contributed by atoms with Crippen molar-refractivity contribution >= 4 is 17.3 Å². The van der Waals surface area contributed by atoms with Crippen LogP contribution in [-0.4, -0.2) is 36.0 Å². The highest BCUT2D eigenvalue weighted by atomic mass is 35.5. The molecule has 1 N–H and O–H groups in total. The molecule has 0 radical (unpaired) electrons. The standard InChI is InChI=1S/C14H22ClN3O2/c1-11(2)17(3)8-4-7-16-10-12-5-6-13(15)9-14(12)18(19)20/h5-6,9,11,16H,4,7-8,10H2,1-3H3. The molecule has 1 rings (SSSR count). The number of halogens is 1. The molecule has 112 valence electrons. The summed E-state index contributed by atoms with van der Waals surface area (Å²) in [6.45, 7) is 6.64. The molecule has 0 aliphatic heterocycles. The van der Waals surface area contributed by atoms with Crippen LogP contribution in [0.15, 0.2) is 18.2 Å². The van der Waals surface area contributed by atoms with Crippen LogP contribution in [0.5, 0.6) is 0 Å². The van der Waals surface area contributed by atoms with Gasteiger partial charge in [0.2, 0.25) is 0 Å². The third kappa shape index (κ3) is 5.45. The maximum atomic E-state index is 10.9. The lowest BCUT2D eigenvalue weighted by Crippen LogP contribution is -2.29. The topological polar surface area (TPSA) is 58.4 Å². The van der Waals surface area contributed by atoms with E-state index in [4.69, 9.17) is 11.6 Å². The molecule has 0 fully saturated rings. The molecule has 0 amide bonds. The van der Waals surface area contributed by atoms with Crippen molar-refractivity contribution in [2.75, 3.05) is 20.1 Å². The Labute approximate surface area is 125 Å². The van der Waals surface area contributed by atoms with Crippen LogP contribution in [0.3, 0.4) is 0 Å². The first-order chi connectivity index (χ1) is 9.41. The molecule has 5 nitrogen and oxygen atoms in total. The largest absolute Gasteiger partial charge is 0.312 e. The molecule has 0 heterocycles. The molecule has 0 saturated heterocycles. The van der Waals surface area contributed by atoms with Gasteiger partial charge in [-0.15, -0.1) is 0 Å². The first-order valence-electron chi connectivity index (χ1n) is 6.75. The molecule has 0 bridgehead atoms. The van der Waals surface area contributed by atoms with Gasteiger partial charge in [0, 0.05) is 29.2 Å². The summed E-state index contributed by atoms with van der Waals surface area (Å²) in [5.74, 6) is 0. The SMILES string of the molecule is CC(C)N(C)CCCNCc1ccc(Cl)cc1[N+](=O)[O-]. The first-order valence-corrected chi connectivity index (χ1v) is 7.13. The number of rotatable bonds is 8. The molecule has 0 atom stereocenters. The van der Waals surface area contributed by atoms with Crippen LogP contribution in [0.4, 0.5) is 5.69 Å². The fourth-order valence-electron chi connectivity index (χ4n) is 1.79. The Balaban J connectivity index is 2.41. The van der Waals surface area contributed by atoms with Gasteiger partial charge in [-0.1, -0.05) is 11.6 Å². The van der Waals surface area contributed by atoms with Crippen LogP contribution in [-0.2, 0) is 6.54 Å². The lowest BCUT2D eigenvalue weighted by molar-refractivity contribution is -0.385. The zero-order valence-corrected chi connectivity index (χ0v) is 13.0. The fourth-order valence-corrected chi connectivity index (χ4v) is 1.96. The monoisotopic (exact) mass is 299 g/mol. The molecule has 1 aromatic carbocycles. The van der Waals surface area contributed by atoms with Crippen molar-refractivity contribution in [3.05, 3.63) is 38.9 Å². The molecule has 20 heavy (non-hydrogen) atoms. The Morgan fingerprint density at radius 3 is 2.75 bits per heavy atom. The smallest absolute Gasteiger partial charge is 0.275 e. The molecule has 0 saturated carbocycles. The Morgan fingerprint density at radius 2 is 2.15 bits per heavy atom. The van der Waals surface area contributed by atoms with Gasteiger partial charge in [-0.2, -0.15) is 0 Å². The van der Waals surface area contributed by atoms with Crippen LogP contribution < -0.4 is 5.32 Å². The molecule has 6 heteroatoms. The van der Waals surface area contributed by atoms with Gasteiger partial charge < -0.3 is 10.2 Å². The lowest BCUT2D eigenvalue weighted by atomic mass is 10.2. The van der Waals surface area contributed by atoms with E-state index < -0.39 is 4.92 Å². The number of benzene rings is 1. The minimum absolute atomic E-state index is 0.0734. The van der Waals surface area contributed by atoms with E-state index in [1.807, 2.05) is 0 Å². The predicted octanol–water partition coefficient (Wildman–Crippen LogP) is 3.07.